The molecular weight excluding hydrogens is 264 g/mol. The number of nitrogens with zero attached hydrogens (tertiary/aromatic N) is 4. The molecule has 2 heterocycles. The normalized spacial score (nSPS) is 15.8. The number of aldehydes is 1. The molecule has 0 bridgehead atoms. The molecule has 0 radical (unpaired) electrons. The van der Waals surface area contributed by atoms with Crippen LogP contribution in [0.4, 0.5) is 0 Å². The van der Waals surface area contributed by atoms with Gasteiger partial charge < -0.3 is 0 Å². The second-order valence-electron chi connectivity index (χ2n) is 4.65. The summed E-state index contributed by atoms with van der Waals surface area (Å²) in [5, 5.41) is 4.76. The van der Waals surface area contributed by atoms with Crippen LogP contribution < -0.4 is 0 Å². The predicted octanol–water partition coefficient (Wildman–Crippen LogP) is 2.79. The number of hydrogen-bond acceptors (Lipinski definition) is 4. The molecular formula is C13H13ClN4O. The Balaban J connectivity index is 2.09. The Morgan fingerprint density at radius 2 is 1.95 bits per heavy atom. The van der Waals surface area contributed by atoms with E-state index in [2.05, 4.69) is 15.1 Å². The summed E-state index contributed by atoms with van der Waals surface area (Å²) in [5.41, 5.74) is 1.26. The molecule has 5 nitrogen and oxygen atoms in total. The van der Waals surface area contributed by atoms with E-state index >= 15 is 0 Å². The van der Waals surface area contributed by atoms with Gasteiger partial charge in [0.15, 0.2) is 6.29 Å². The van der Waals surface area contributed by atoms with Crippen LogP contribution in [0.2, 0.25) is 5.15 Å². The van der Waals surface area contributed by atoms with Crippen molar-refractivity contribution in [3.63, 3.8) is 0 Å². The minimum absolute atomic E-state index is 0.295. The maximum atomic E-state index is 11.3. The highest BCUT2D eigenvalue weighted by Gasteiger charge is 2.26. The van der Waals surface area contributed by atoms with Crippen molar-refractivity contribution in [1.82, 2.24) is 19.7 Å². The zero-order chi connectivity index (χ0) is 13.2. The summed E-state index contributed by atoms with van der Waals surface area (Å²) in [6, 6.07) is 1.72. The number of carbonyl (C=O) groups excluding carboxylic acids is 1. The van der Waals surface area contributed by atoms with Gasteiger partial charge in [-0.2, -0.15) is 9.78 Å². The Bertz CT molecular complexity index is 590. The van der Waals surface area contributed by atoms with Crippen LogP contribution >= 0.6 is 11.6 Å². The standard InChI is InChI=1S/C13H13ClN4O/c14-12-10(8-19)11(9-4-1-2-5-9)17-18(12)13-15-6-3-7-16-13/h3,6-9H,1-2,4-5H2. The van der Waals surface area contributed by atoms with Crippen LogP contribution in [0.3, 0.4) is 0 Å². The third-order valence-electron chi connectivity index (χ3n) is 3.49. The third-order valence-corrected chi connectivity index (χ3v) is 3.86. The van der Waals surface area contributed by atoms with Crippen molar-refractivity contribution < 1.29 is 4.79 Å². The molecule has 0 amide bonds. The van der Waals surface area contributed by atoms with Crippen LogP contribution in [0.25, 0.3) is 5.95 Å². The molecule has 0 spiro atoms. The van der Waals surface area contributed by atoms with Crippen LogP contribution in [-0.2, 0) is 0 Å². The van der Waals surface area contributed by atoms with Gasteiger partial charge in [-0.05, 0) is 18.9 Å². The lowest BCUT2D eigenvalue weighted by molar-refractivity contribution is 0.112. The molecule has 98 valence electrons. The Hall–Kier alpha value is -1.75. The average Bonchev–Trinajstić information content (AvgIpc) is 3.07. The van der Waals surface area contributed by atoms with E-state index < -0.39 is 0 Å². The molecule has 0 N–H and O–H groups in total. The number of hydrogen-bond donors (Lipinski definition) is 0. The first-order valence-corrected chi connectivity index (χ1v) is 6.70. The van der Waals surface area contributed by atoms with Crippen molar-refractivity contribution in [3.05, 3.63) is 34.9 Å². The summed E-state index contributed by atoms with van der Waals surface area (Å²) in [5.74, 6) is 0.711. The van der Waals surface area contributed by atoms with Crippen LogP contribution in [0.15, 0.2) is 18.5 Å². The van der Waals surface area contributed by atoms with Crippen molar-refractivity contribution in [2.75, 3.05) is 0 Å². The summed E-state index contributed by atoms with van der Waals surface area (Å²) >= 11 is 6.23. The smallest absolute Gasteiger partial charge is 0.251 e. The van der Waals surface area contributed by atoms with Gasteiger partial charge in [0.05, 0.1) is 11.3 Å². The largest absolute Gasteiger partial charge is 0.298 e. The van der Waals surface area contributed by atoms with E-state index in [1.807, 2.05) is 0 Å². The van der Waals surface area contributed by atoms with Gasteiger partial charge in [0, 0.05) is 18.3 Å². The van der Waals surface area contributed by atoms with Crippen molar-refractivity contribution in [1.29, 1.82) is 0 Å². The minimum atomic E-state index is 0.295. The van der Waals surface area contributed by atoms with Crippen molar-refractivity contribution in [2.24, 2.45) is 0 Å². The van der Waals surface area contributed by atoms with Gasteiger partial charge >= 0.3 is 0 Å². The van der Waals surface area contributed by atoms with E-state index in [0.717, 1.165) is 24.8 Å². The summed E-state index contributed by atoms with van der Waals surface area (Å²) in [7, 11) is 0. The molecule has 0 aliphatic heterocycles. The molecule has 1 fully saturated rings. The first-order valence-electron chi connectivity index (χ1n) is 6.32. The molecule has 0 unspecified atom stereocenters. The first kappa shape index (κ1) is 12.3. The fourth-order valence-electron chi connectivity index (χ4n) is 2.57. The van der Waals surface area contributed by atoms with Crippen LogP contribution in [0.5, 0.6) is 0 Å². The van der Waals surface area contributed by atoms with Gasteiger partial charge in [0.25, 0.3) is 5.95 Å². The second kappa shape index (κ2) is 5.09. The summed E-state index contributed by atoms with van der Waals surface area (Å²) < 4.78 is 1.44. The number of carbonyl (C=O) groups is 1. The molecule has 0 atom stereocenters. The number of rotatable bonds is 3. The van der Waals surface area contributed by atoms with Crippen LogP contribution in [0.1, 0.15) is 47.7 Å². The van der Waals surface area contributed by atoms with Crippen molar-refractivity contribution >= 4 is 17.9 Å². The average molecular weight is 277 g/mol. The Morgan fingerprint density at radius 1 is 1.26 bits per heavy atom. The number of halogens is 1. The van der Waals surface area contributed by atoms with Gasteiger partial charge in [-0.25, -0.2) is 9.97 Å². The molecule has 1 aliphatic rings. The lowest BCUT2D eigenvalue weighted by Gasteiger charge is -2.04. The zero-order valence-electron chi connectivity index (χ0n) is 10.3. The molecule has 2 aromatic rings. The topological polar surface area (TPSA) is 60.7 Å². The molecule has 19 heavy (non-hydrogen) atoms. The molecule has 3 rings (SSSR count). The first-order chi connectivity index (χ1) is 9.31. The highest BCUT2D eigenvalue weighted by molar-refractivity contribution is 6.32. The van der Waals surface area contributed by atoms with E-state index in [0.29, 0.717) is 22.6 Å². The molecule has 1 saturated carbocycles. The zero-order valence-corrected chi connectivity index (χ0v) is 11.0. The van der Waals surface area contributed by atoms with Gasteiger partial charge in [0.2, 0.25) is 0 Å². The Labute approximate surface area is 115 Å². The molecule has 2 aromatic heterocycles. The fraction of sp³-hybridized carbons (Fsp3) is 0.385. The van der Waals surface area contributed by atoms with Gasteiger partial charge in [-0.1, -0.05) is 24.4 Å². The SMILES string of the molecule is O=Cc1c(C2CCCC2)nn(-c2ncccn2)c1Cl. The molecule has 1 aliphatic carbocycles. The fourth-order valence-corrected chi connectivity index (χ4v) is 2.82. The highest BCUT2D eigenvalue weighted by Crippen LogP contribution is 2.36. The van der Waals surface area contributed by atoms with E-state index in [1.165, 1.54) is 17.5 Å². The summed E-state index contributed by atoms with van der Waals surface area (Å²) in [6.45, 7) is 0. The Kier molecular flexibility index (Phi) is 3.29. The van der Waals surface area contributed by atoms with Crippen LogP contribution in [0, 0.1) is 0 Å². The van der Waals surface area contributed by atoms with E-state index in [9.17, 15) is 4.79 Å². The minimum Gasteiger partial charge on any atom is -0.298 e. The van der Waals surface area contributed by atoms with Crippen molar-refractivity contribution in [2.45, 2.75) is 31.6 Å². The van der Waals surface area contributed by atoms with Gasteiger partial charge in [0.1, 0.15) is 5.15 Å². The van der Waals surface area contributed by atoms with E-state index in [-0.39, 0.29) is 0 Å². The van der Waals surface area contributed by atoms with E-state index in [4.69, 9.17) is 11.6 Å². The third kappa shape index (κ3) is 2.14. The second-order valence-corrected chi connectivity index (χ2v) is 5.01. The maximum absolute atomic E-state index is 11.3. The predicted molar refractivity (Wildman–Crippen MR) is 70.8 cm³/mol. The highest BCUT2D eigenvalue weighted by atomic mass is 35.5. The van der Waals surface area contributed by atoms with Gasteiger partial charge in [-0.15, -0.1) is 0 Å². The van der Waals surface area contributed by atoms with Gasteiger partial charge in [-0.3, -0.25) is 4.79 Å². The molecule has 0 aromatic carbocycles. The maximum Gasteiger partial charge on any atom is 0.251 e. The summed E-state index contributed by atoms with van der Waals surface area (Å²) in [6.07, 6.45) is 8.49. The van der Waals surface area contributed by atoms with Crippen molar-refractivity contribution in [3.8, 4) is 5.95 Å². The monoisotopic (exact) mass is 276 g/mol. The summed E-state index contributed by atoms with van der Waals surface area (Å²) in [4.78, 5) is 19.5. The Morgan fingerprint density at radius 3 is 2.58 bits per heavy atom. The molecule has 0 saturated heterocycles. The lowest BCUT2D eigenvalue weighted by Crippen LogP contribution is -2.03. The van der Waals surface area contributed by atoms with Crippen LogP contribution in [-0.4, -0.2) is 26.0 Å². The quantitative estimate of drug-likeness (QED) is 0.809. The van der Waals surface area contributed by atoms with E-state index in [1.54, 1.807) is 18.5 Å². The lowest BCUT2D eigenvalue weighted by atomic mass is 10.0. The number of aromatic nitrogens is 4. The molecule has 6 heteroatoms.